The van der Waals surface area contributed by atoms with E-state index in [-0.39, 0.29) is 5.82 Å². The number of benzene rings is 2. The fourth-order valence-electron chi connectivity index (χ4n) is 3.15. The predicted molar refractivity (Wildman–Crippen MR) is 112 cm³/mol. The number of thiocarbonyl (C=S) groups is 1. The van der Waals surface area contributed by atoms with Crippen molar-refractivity contribution in [2.75, 3.05) is 36.4 Å². The Bertz CT molecular complexity index is 722. The Hall–Kier alpha value is -2.14. The van der Waals surface area contributed by atoms with Crippen molar-refractivity contribution in [2.24, 2.45) is 0 Å². The van der Waals surface area contributed by atoms with Crippen molar-refractivity contribution >= 4 is 28.7 Å². The van der Waals surface area contributed by atoms with E-state index in [1.165, 1.54) is 17.7 Å². The normalized spacial score (nSPS) is 15.7. The van der Waals surface area contributed by atoms with Gasteiger partial charge in [0.25, 0.3) is 0 Å². The van der Waals surface area contributed by atoms with Gasteiger partial charge in [0, 0.05) is 37.6 Å². The molecule has 0 bridgehead atoms. The minimum atomic E-state index is -0.197. The zero-order chi connectivity index (χ0) is 18.5. The van der Waals surface area contributed by atoms with Gasteiger partial charge in [-0.2, -0.15) is 0 Å². The van der Waals surface area contributed by atoms with Gasteiger partial charge in [0.05, 0.1) is 0 Å². The Kier molecular flexibility index (Phi) is 6.09. The molecule has 0 amide bonds. The lowest BCUT2D eigenvalue weighted by Gasteiger charge is -2.37. The quantitative estimate of drug-likeness (QED) is 0.774. The van der Waals surface area contributed by atoms with Crippen molar-refractivity contribution < 1.29 is 4.39 Å². The first-order valence-corrected chi connectivity index (χ1v) is 9.64. The molecule has 0 aliphatic carbocycles. The summed E-state index contributed by atoms with van der Waals surface area (Å²) in [5, 5.41) is 4.11. The Balaban J connectivity index is 1.52. The Morgan fingerprint density at radius 1 is 1.04 bits per heavy atom. The molecule has 0 radical (unpaired) electrons. The summed E-state index contributed by atoms with van der Waals surface area (Å²) in [5.74, 6) is 0.382. The summed E-state index contributed by atoms with van der Waals surface area (Å²) in [6.45, 7) is 7.91. The summed E-state index contributed by atoms with van der Waals surface area (Å²) in [7, 11) is 0. The third-order valence-corrected chi connectivity index (χ3v) is 5.46. The number of hydrogen-bond donors (Lipinski definition) is 1. The SMILES string of the molecule is CCC(C)c1ccc(NC(=S)N2CCN(c3ccc(F)cc3)CC2)cc1. The van der Waals surface area contributed by atoms with E-state index in [9.17, 15) is 4.39 Å². The largest absolute Gasteiger partial charge is 0.368 e. The molecule has 1 N–H and O–H groups in total. The minimum Gasteiger partial charge on any atom is -0.368 e. The molecule has 3 rings (SSSR count). The molecule has 1 aliphatic heterocycles. The third kappa shape index (κ3) is 4.52. The molecule has 0 spiro atoms. The molecule has 1 aliphatic rings. The maximum atomic E-state index is 13.1. The second kappa shape index (κ2) is 8.49. The van der Waals surface area contributed by atoms with E-state index in [0.29, 0.717) is 5.92 Å². The van der Waals surface area contributed by atoms with Gasteiger partial charge in [0.15, 0.2) is 5.11 Å². The summed E-state index contributed by atoms with van der Waals surface area (Å²) in [6, 6.07) is 15.2. The van der Waals surface area contributed by atoms with E-state index >= 15 is 0 Å². The van der Waals surface area contributed by atoms with Gasteiger partial charge in [0.2, 0.25) is 0 Å². The Labute approximate surface area is 160 Å². The van der Waals surface area contributed by atoms with E-state index in [2.05, 4.69) is 53.2 Å². The van der Waals surface area contributed by atoms with E-state index < -0.39 is 0 Å². The summed E-state index contributed by atoms with van der Waals surface area (Å²) in [5.41, 5.74) is 3.45. The van der Waals surface area contributed by atoms with Gasteiger partial charge in [-0.25, -0.2) is 4.39 Å². The lowest BCUT2D eigenvalue weighted by atomic mass is 9.99. The summed E-state index contributed by atoms with van der Waals surface area (Å²) < 4.78 is 13.1. The van der Waals surface area contributed by atoms with Gasteiger partial charge < -0.3 is 15.1 Å². The Morgan fingerprint density at radius 3 is 2.23 bits per heavy atom. The smallest absolute Gasteiger partial charge is 0.173 e. The summed E-state index contributed by atoms with van der Waals surface area (Å²) in [6.07, 6.45) is 1.14. The van der Waals surface area contributed by atoms with E-state index in [1.807, 2.05) is 12.1 Å². The number of nitrogens with one attached hydrogen (secondary N) is 1. The van der Waals surface area contributed by atoms with Crippen LogP contribution in [-0.4, -0.2) is 36.2 Å². The monoisotopic (exact) mass is 371 g/mol. The van der Waals surface area contributed by atoms with Gasteiger partial charge in [-0.1, -0.05) is 26.0 Å². The summed E-state index contributed by atoms with van der Waals surface area (Å²) in [4.78, 5) is 4.46. The van der Waals surface area contributed by atoms with Crippen LogP contribution in [0.3, 0.4) is 0 Å². The van der Waals surface area contributed by atoms with Crippen LogP contribution in [0.15, 0.2) is 48.5 Å². The zero-order valence-electron chi connectivity index (χ0n) is 15.4. The van der Waals surface area contributed by atoms with Crippen molar-refractivity contribution in [3.63, 3.8) is 0 Å². The van der Waals surface area contributed by atoms with Gasteiger partial charge in [-0.15, -0.1) is 0 Å². The molecule has 0 saturated carbocycles. The van der Waals surface area contributed by atoms with Crippen LogP contribution >= 0.6 is 12.2 Å². The first-order valence-electron chi connectivity index (χ1n) is 9.23. The molecule has 2 aromatic carbocycles. The number of rotatable bonds is 4. The highest BCUT2D eigenvalue weighted by Gasteiger charge is 2.19. The number of anilines is 2. The Morgan fingerprint density at radius 2 is 1.65 bits per heavy atom. The molecule has 26 heavy (non-hydrogen) atoms. The van der Waals surface area contributed by atoms with Crippen LogP contribution in [0, 0.1) is 5.82 Å². The van der Waals surface area contributed by atoms with Crippen molar-refractivity contribution in [2.45, 2.75) is 26.2 Å². The molecule has 0 aromatic heterocycles. The molecule has 1 saturated heterocycles. The second-order valence-corrected chi connectivity index (χ2v) is 7.20. The molecule has 138 valence electrons. The molecule has 3 nitrogen and oxygen atoms in total. The van der Waals surface area contributed by atoms with Crippen LogP contribution in [0.25, 0.3) is 0 Å². The highest BCUT2D eigenvalue weighted by atomic mass is 32.1. The van der Waals surface area contributed by atoms with Crippen molar-refractivity contribution in [1.82, 2.24) is 4.90 Å². The molecule has 1 unspecified atom stereocenters. The average Bonchev–Trinajstić information content (AvgIpc) is 2.68. The van der Waals surface area contributed by atoms with E-state index in [4.69, 9.17) is 12.2 Å². The second-order valence-electron chi connectivity index (χ2n) is 6.81. The first kappa shape index (κ1) is 18.6. The third-order valence-electron chi connectivity index (χ3n) is 5.10. The van der Waals surface area contributed by atoms with Crippen molar-refractivity contribution in [1.29, 1.82) is 0 Å². The van der Waals surface area contributed by atoms with Crippen molar-refractivity contribution in [3.05, 3.63) is 59.9 Å². The fourth-order valence-corrected chi connectivity index (χ4v) is 3.45. The molecular weight excluding hydrogens is 345 g/mol. The number of nitrogens with zero attached hydrogens (tertiary/aromatic N) is 2. The molecule has 1 atom stereocenters. The highest BCUT2D eigenvalue weighted by Crippen LogP contribution is 2.21. The molecular formula is C21H26FN3S. The zero-order valence-corrected chi connectivity index (χ0v) is 16.2. The van der Waals surface area contributed by atoms with Crippen molar-refractivity contribution in [3.8, 4) is 0 Å². The topological polar surface area (TPSA) is 18.5 Å². The maximum Gasteiger partial charge on any atom is 0.173 e. The van der Waals surface area contributed by atoms with Gasteiger partial charge in [-0.05, 0) is 66.5 Å². The molecule has 1 fully saturated rings. The van der Waals surface area contributed by atoms with Crippen LogP contribution in [0.2, 0.25) is 0 Å². The lowest BCUT2D eigenvalue weighted by Crippen LogP contribution is -2.50. The van der Waals surface area contributed by atoms with Crippen LogP contribution in [0.5, 0.6) is 0 Å². The number of piperazine rings is 1. The standard InChI is InChI=1S/C21H26FN3S/c1-3-16(2)17-4-8-19(9-5-17)23-21(26)25-14-12-24(13-15-25)20-10-6-18(22)7-11-20/h4-11,16H,3,12-15H2,1-2H3,(H,23,26). The van der Waals surface area contributed by atoms with Crippen LogP contribution in [-0.2, 0) is 0 Å². The molecule has 1 heterocycles. The lowest BCUT2D eigenvalue weighted by molar-refractivity contribution is 0.391. The fraction of sp³-hybridized carbons (Fsp3) is 0.381. The number of halogens is 1. The molecule has 5 heteroatoms. The van der Waals surface area contributed by atoms with Gasteiger partial charge in [-0.3, -0.25) is 0 Å². The van der Waals surface area contributed by atoms with Crippen LogP contribution < -0.4 is 10.2 Å². The average molecular weight is 372 g/mol. The van der Waals surface area contributed by atoms with E-state index in [1.54, 1.807) is 0 Å². The highest BCUT2D eigenvalue weighted by molar-refractivity contribution is 7.80. The molecule has 2 aromatic rings. The van der Waals surface area contributed by atoms with Gasteiger partial charge in [0.1, 0.15) is 5.82 Å². The van der Waals surface area contributed by atoms with Crippen LogP contribution in [0.1, 0.15) is 31.7 Å². The minimum absolute atomic E-state index is 0.197. The first-order chi connectivity index (χ1) is 12.6. The summed E-state index contributed by atoms with van der Waals surface area (Å²) >= 11 is 5.58. The number of hydrogen-bond acceptors (Lipinski definition) is 2. The maximum absolute atomic E-state index is 13.1. The van der Waals surface area contributed by atoms with Gasteiger partial charge >= 0.3 is 0 Å². The predicted octanol–water partition coefficient (Wildman–Crippen LogP) is 4.86. The van der Waals surface area contributed by atoms with E-state index in [0.717, 1.165) is 49.1 Å². The van der Waals surface area contributed by atoms with Crippen LogP contribution in [0.4, 0.5) is 15.8 Å².